The summed E-state index contributed by atoms with van der Waals surface area (Å²) in [4.78, 5) is 36.3. The second-order valence-corrected chi connectivity index (χ2v) is 9.35. The number of thiophene rings is 1. The number of ketones is 1. The van der Waals surface area contributed by atoms with Crippen molar-refractivity contribution >= 4 is 45.8 Å². The number of aromatic nitrogens is 2. The van der Waals surface area contributed by atoms with E-state index in [9.17, 15) is 14.7 Å². The van der Waals surface area contributed by atoms with Crippen molar-refractivity contribution in [1.82, 2.24) is 9.97 Å². The van der Waals surface area contributed by atoms with Gasteiger partial charge in [-0.05, 0) is 53.3 Å². The fraction of sp³-hybridized carbons (Fsp3) is 0.192. The molecule has 0 saturated carbocycles. The van der Waals surface area contributed by atoms with Crippen LogP contribution in [0.15, 0.2) is 65.6 Å². The molecule has 1 aliphatic rings. The largest absolute Gasteiger partial charge is 0.507 e. The number of anilines is 1. The Morgan fingerprint density at radius 3 is 2.62 bits per heavy atom. The van der Waals surface area contributed by atoms with Gasteiger partial charge >= 0.3 is 5.91 Å². The van der Waals surface area contributed by atoms with E-state index < -0.39 is 17.7 Å². The van der Waals surface area contributed by atoms with E-state index in [1.165, 1.54) is 16.2 Å². The van der Waals surface area contributed by atoms with Crippen LogP contribution in [-0.2, 0) is 9.59 Å². The summed E-state index contributed by atoms with van der Waals surface area (Å²) in [6, 6.07) is 15.6. The topological polar surface area (TPSA) is 95.5 Å². The Morgan fingerprint density at radius 2 is 1.94 bits per heavy atom. The van der Waals surface area contributed by atoms with Crippen molar-refractivity contribution in [3.8, 4) is 5.75 Å². The predicted molar refractivity (Wildman–Crippen MR) is 132 cm³/mol. The highest BCUT2D eigenvalue weighted by Crippen LogP contribution is 2.43. The number of aliphatic hydroxyl groups is 1. The van der Waals surface area contributed by atoms with Gasteiger partial charge in [0.15, 0.2) is 0 Å². The van der Waals surface area contributed by atoms with Crippen LogP contribution in [0.3, 0.4) is 0 Å². The number of carbonyl (C=O) groups excluding carboxylic acids is 2. The molecule has 1 atom stereocenters. The standard InChI is InChI=1S/C26H23N3O4S/c1-14(2)16-13-15(10-11-19(16)33-3)23(30)21-22(20-9-6-12-34-20)29(25(32)24(21)31)26-27-17-7-4-5-8-18(17)28-26/h4-14,22,30H,1-3H3,(H,27,28)/b23-21+. The number of amides is 1. The minimum absolute atomic E-state index is 0.0350. The van der Waals surface area contributed by atoms with Crippen molar-refractivity contribution in [3.63, 3.8) is 0 Å². The zero-order valence-electron chi connectivity index (χ0n) is 18.9. The number of carbonyl (C=O) groups is 2. The molecule has 8 heteroatoms. The summed E-state index contributed by atoms with van der Waals surface area (Å²) in [7, 11) is 1.59. The van der Waals surface area contributed by atoms with Crippen molar-refractivity contribution in [2.24, 2.45) is 0 Å². The number of rotatable bonds is 5. The number of benzene rings is 2. The van der Waals surface area contributed by atoms with E-state index in [-0.39, 0.29) is 23.2 Å². The maximum Gasteiger partial charge on any atom is 0.302 e. The van der Waals surface area contributed by atoms with Crippen molar-refractivity contribution in [1.29, 1.82) is 0 Å². The molecule has 0 spiro atoms. The quantitative estimate of drug-likeness (QED) is 0.230. The zero-order valence-corrected chi connectivity index (χ0v) is 19.7. The summed E-state index contributed by atoms with van der Waals surface area (Å²) in [5.41, 5.74) is 2.81. The fourth-order valence-electron chi connectivity index (χ4n) is 4.31. The van der Waals surface area contributed by atoms with Crippen molar-refractivity contribution in [3.05, 3.63) is 81.6 Å². The number of para-hydroxylation sites is 2. The smallest absolute Gasteiger partial charge is 0.302 e. The fourth-order valence-corrected chi connectivity index (χ4v) is 5.13. The van der Waals surface area contributed by atoms with Crippen LogP contribution in [0.25, 0.3) is 16.8 Å². The molecule has 1 unspecified atom stereocenters. The Balaban J connectivity index is 1.70. The van der Waals surface area contributed by atoms with Crippen LogP contribution < -0.4 is 9.64 Å². The molecule has 0 radical (unpaired) electrons. The van der Waals surface area contributed by atoms with Gasteiger partial charge in [-0.15, -0.1) is 11.3 Å². The summed E-state index contributed by atoms with van der Waals surface area (Å²) in [6.45, 7) is 4.04. The first-order valence-electron chi connectivity index (χ1n) is 10.9. The molecule has 0 bridgehead atoms. The number of hydrogen-bond donors (Lipinski definition) is 2. The third kappa shape index (κ3) is 3.47. The lowest BCUT2D eigenvalue weighted by Gasteiger charge is -2.21. The van der Waals surface area contributed by atoms with Gasteiger partial charge < -0.3 is 14.8 Å². The summed E-state index contributed by atoms with van der Waals surface area (Å²) in [5, 5.41) is 13.2. The van der Waals surface area contributed by atoms with Crippen LogP contribution in [0.2, 0.25) is 0 Å². The van der Waals surface area contributed by atoms with Gasteiger partial charge in [0.25, 0.3) is 5.78 Å². The highest BCUT2D eigenvalue weighted by atomic mass is 32.1. The second kappa shape index (κ2) is 8.46. The van der Waals surface area contributed by atoms with Gasteiger partial charge in [-0.3, -0.25) is 14.5 Å². The zero-order chi connectivity index (χ0) is 24.0. The minimum Gasteiger partial charge on any atom is -0.507 e. The third-order valence-corrected chi connectivity index (χ3v) is 6.91. The molecule has 5 rings (SSSR count). The first kappa shape index (κ1) is 21.9. The SMILES string of the molecule is COc1ccc(/C(O)=C2\C(=O)C(=O)N(c3nc4ccccc4[nH]3)C2c2cccs2)cc1C(C)C. The summed E-state index contributed by atoms with van der Waals surface area (Å²) >= 11 is 1.41. The van der Waals surface area contributed by atoms with Gasteiger partial charge in [0.2, 0.25) is 5.95 Å². The predicted octanol–water partition coefficient (Wildman–Crippen LogP) is 5.38. The molecule has 1 aliphatic heterocycles. The number of fused-ring (bicyclic) bond motifs is 1. The summed E-state index contributed by atoms with van der Waals surface area (Å²) in [6.07, 6.45) is 0. The first-order valence-corrected chi connectivity index (χ1v) is 11.8. The molecule has 2 N–H and O–H groups in total. The summed E-state index contributed by atoms with van der Waals surface area (Å²) < 4.78 is 5.45. The number of nitrogens with zero attached hydrogens (tertiary/aromatic N) is 2. The van der Waals surface area contributed by atoms with E-state index in [0.29, 0.717) is 16.8 Å². The number of imidazole rings is 1. The average molecular weight is 474 g/mol. The number of Topliss-reactive ketones (excluding diaryl/α,β-unsaturated/α-hetero) is 1. The number of ether oxygens (including phenoxy) is 1. The monoisotopic (exact) mass is 473 g/mol. The number of methoxy groups -OCH3 is 1. The number of aromatic amines is 1. The van der Waals surface area contributed by atoms with Crippen LogP contribution >= 0.6 is 11.3 Å². The highest BCUT2D eigenvalue weighted by Gasteiger charge is 2.48. The number of aliphatic hydroxyl groups excluding tert-OH is 1. The number of H-pyrrole nitrogens is 1. The molecular formula is C26H23N3O4S. The van der Waals surface area contributed by atoms with Crippen molar-refractivity contribution in [2.75, 3.05) is 12.0 Å². The molecule has 7 nitrogen and oxygen atoms in total. The first-order chi connectivity index (χ1) is 16.4. The van der Waals surface area contributed by atoms with E-state index in [2.05, 4.69) is 9.97 Å². The molecule has 2 aromatic carbocycles. The van der Waals surface area contributed by atoms with E-state index in [0.717, 1.165) is 16.0 Å². The summed E-state index contributed by atoms with van der Waals surface area (Å²) in [5.74, 6) is -0.619. The van der Waals surface area contributed by atoms with Crippen molar-refractivity contribution in [2.45, 2.75) is 25.8 Å². The van der Waals surface area contributed by atoms with E-state index in [1.807, 2.05) is 55.6 Å². The Hall–Kier alpha value is -3.91. The molecule has 0 aliphatic carbocycles. The number of hydrogen-bond acceptors (Lipinski definition) is 6. The lowest BCUT2D eigenvalue weighted by molar-refractivity contribution is -0.132. The molecular weight excluding hydrogens is 450 g/mol. The van der Waals surface area contributed by atoms with Gasteiger partial charge in [0.1, 0.15) is 17.6 Å². The van der Waals surface area contributed by atoms with Crippen LogP contribution in [0.5, 0.6) is 5.75 Å². The molecule has 172 valence electrons. The lowest BCUT2D eigenvalue weighted by atomic mass is 9.95. The minimum atomic E-state index is -0.801. The Labute approximate surface area is 200 Å². The van der Waals surface area contributed by atoms with Crippen LogP contribution in [0, 0.1) is 0 Å². The Morgan fingerprint density at radius 1 is 1.15 bits per heavy atom. The van der Waals surface area contributed by atoms with Gasteiger partial charge in [0.05, 0.1) is 23.7 Å². The Bertz CT molecular complexity index is 1400. The molecule has 2 aromatic heterocycles. The molecule has 1 amide bonds. The van der Waals surface area contributed by atoms with E-state index in [1.54, 1.807) is 25.3 Å². The molecule has 3 heterocycles. The van der Waals surface area contributed by atoms with Crippen LogP contribution in [0.1, 0.15) is 41.8 Å². The average Bonchev–Trinajstić information content (AvgIpc) is 3.56. The van der Waals surface area contributed by atoms with Gasteiger partial charge in [-0.2, -0.15) is 0 Å². The van der Waals surface area contributed by atoms with Crippen molar-refractivity contribution < 1.29 is 19.4 Å². The molecule has 34 heavy (non-hydrogen) atoms. The second-order valence-electron chi connectivity index (χ2n) is 8.37. The van der Waals surface area contributed by atoms with Gasteiger partial charge in [-0.1, -0.05) is 32.0 Å². The molecule has 1 saturated heterocycles. The molecule has 1 fully saturated rings. The van der Waals surface area contributed by atoms with Crippen LogP contribution in [0.4, 0.5) is 5.95 Å². The maximum atomic E-state index is 13.3. The molecule has 4 aromatic rings. The van der Waals surface area contributed by atoms with Gasteiger partial charge in [0, 0.05) is 10.4 Å². The Kier molecular flexibility index (Phi) is 5.45. The highest BCUT2D eigenvalue weighted by molar-refractivity contribution is 7.10. The van der Waals surface area contributed by atoms with E-state index in [4.69, 9.17) is 4.74 Å². The van der Waals surface area contributed by atoms with E-state index >= 15 is 0 Å². The lowest BCUT2D eigenvalue weighted by Crippen LogP contribution is -2.30. The normalized spacial score (nSPS) is 17.8. The number of nitrogens with one attached hydrogen (secondary N) is 1. The van der Waals surface area contributed by atoms with Crippen LogP contribution in [-0.4, -0.2) is 33.9 Å². The third-order valence-electron chi connectivity index (χ3n) is 5.99. The van der Waals surface area contributed by atoms with Gasteiger partial charge in [-0.25, -0.2) is 4.98 Å². The maximum absolute atomic E-state index is 13.3.